The summed E-state index contributed by atoms with van der Waals surface area (Å²) in [4.78, 5) is 27.7. The van der Waals surface area contributed by atoms with Crippen LogP contribution < -0.4 is 0 Å². The van der Waals surface area contributed by atoms with Crippen LogP contribution in [-0.2, 0) is 27.8 Å². The lowest BCUT2D eigenvalue weighted by atomic mass is 10.1. The van der Waals surface area contributed by atoms with Gasteiger partial charge in [-0.25, -0.2) is 0 Å². The topological polar surface area (TPSA) is 67.7 Å². The van der Waals surface area contributed by atoms with Crippen LogP contribution in [0, 0.1) is 13.8 Å². The molecule has 0 radical (unpaired) electrons. The average Bonchev–Trinajstić information content (AvgIpc) is 2.78. The average molecular weight is 322 g/mol. The summed E-state index contributed by atoms with van der Waals surface area (Å²) < 4.78 is 6.72. The summed E-state index contributed by atoms with van der Waals surface area (Å²) in [5.41, 5.74) is 3.27. The van der Waals surface area contributed by atoms with Gasteiger partial charge in [-0.3, -0.25) is 14.3 Å². The van der Waals surface area contributed by atoms with Crippen molar-refractivity contribution >= 4 is 11.8 Å². The number of amides is 2. The van der Waals surface area contributed by atoms with Crippen LogP contribution in [-0.4, -0.2) is 71.3 Å². The minimum Gasteiger partial charge on any atom is -0.375 e. The molecule has 1 saturated heterocycles. The normalized spacial score (nSPS) is 15.1. The van der Waals surface area contributed by atoms with Crippen molar-refractivity contribution in [3.63, 3.8) is 0 Å². The molecule has 1 aromatic rings. The number of ether oxygens (including phenoxy) is 1. The van der Waals surface area contributed by atoms with Crippen LogP contribution in [0.25, 0.3) is 0 Å². The molecule has 0 atom stereocenters. The van der Waals surface area contributed by atoms with E-state index in [0.29, 0.717) is 39.0 Å². The molecular formula is C16H26N4O3. The van der Waals surface area contributed by atoms with E-state index in [2.05, 4.69) is 5.10 Å². The second kappa shape index (κ2) is 7.59. The van der Waals surface area contributed by atoms with E-state index in [4.69, 9.17) is 4.74 Å². The zero-order chi connectivity index (χ0) is 17.0. The highest BCUT2D eigenvalue weighted by Crippen LogP contribution is 2.15. The highest BCUT2D eigenvalue weighted by atomic mass is 16.5. The van der Waals surface area contributed by atoms with Gasteiger partial charge in [0.25, 0.3) is 0 Å². The number of piperazine rings is 1. The quantitative estimate of drug-likeness (QED) is 0.781. The Bertz CT molecular complexity index is 574. The third kappa shape index (κ3) is 4.10. The first-order chi connectivity index (χ1) is 10.9. The number of carbonyl (C=O) groups is 2. The van der Waals surface area contributed by atoms with E-state index < -0.39 is 0 Å². The van der Waals surface area contributed by atoms with Gasteiger partial charge in [-0.05, 0) is 25.8 Å². The SMILES string of the molecule is COCC(=O)N1CCN(C(=O)CCc2c(C)nn(C)c2C)CC1. The van der Waals surface area contributed by atoms with Crippen LogP contribution >= 0.6 is 0 Å². The molecule has 23 heavy (non-hydrogen) atoms. The highest BCUT2D eigenvalue weighted by molar-refractivity contribution is 5.79. The molecule has 128 valence electrons. The zero-order valence-electron chi connectivity index (χ0n) is 14.5. The first kappa shape index (κ1) is 17.5. The molecule has 1 aromatic heterocycles. The number of hydrogen-bond acceptors (Lipinski definition) is 4. The first-order valence-corrected chi connectivity index (χ1v) is 7.97. The van der Waals surface area contributed by atoms with E-state index in [1.807, 2.05) is 30.5 Å². The Balaban J connectivity index is 1.82. The van der Waals surface area contributed by atoms with Crippen molar-refractivity contribution < 1.29 is 14.3 Å². The fourth-order valence-corrected chi connectivity index (χ4v) is 2.99. The molecule has 2 amide bonds. The maximum Gasteiger partial charge on any atom is 0.248 e. The Labute approximate surface area is 137 Å². The number of nitrogens with zero attached hydrogens (tertiary/aromatic N) is 4. The summed E-state index contributed by atoms with van der Waals surface area (Å²) in [6.45, 7) is 6.47. The molecule has 7 heteroatoms. The predicted octanol–water partition coefficient (Wildman–Crippen LogP) is 0.287. The summed E-state index contributed by atoms with van der Waals surface area (Å²) in [5.74, 6) is 0.132. The smallest absolute Gasteiger partial charge is 0.248 e. The standard InChI is InChI=1S/C16H26N4O3/c1-12-14(13(2)18(3)17-12)5-6-15(21)19-7-9-20(10-8-19)16(22)11-23-4/h5-11H2,1-4H3. The van der Waals surface area contributed by atoms with Crippen LogP contribution in [0.5, 0.6) is 0 Å². The number of methoxy groups -OCH3 is 1. The number of carbonyl (C=O) groups excluding carboxylic acids is 2. The van der Waals surface area contributed by atoms with Crippen LogP contribution in [0.4, 0.5) is 0 Å². The van der Waals surface area contributed by atoms with Gasteiger partial charge in [-0.15, -0.1) is 0 Å². The van der Waals surface area contributed by atoms with E-state index in [9.17, 15) is 9.59 Å². The van der Waals surface area contributed by atoms with Gasteiger partial charge < -0.3 is 14.5 Å². The molecule has 0 aromatic carbocycles. The van der Waals surface area contributed by atoms with Crippen molar-refractivity contribution in [2.45, 2.75) is 26.7 Å². The van der Waals surface area contributed by atoms with E-state index in [1.54, 1.807) is 4.90 Å². The van der Waals surface area contributed by atoms with Crippen LogP contribution in [0.2, 0.25) is 0 Å². The molecule has 0 aliphatic carbocycles. The van der Waals surface area contributed by atoms with E-state index in [0.717, 1.165) is 17.0 Å². The Hall–Kier alpha value is -1.89. The summed E-state index contributed by atoms with van der Waals surface area (Å²) in [6.07, 6.45) is 1.20. The fraction of sp³-hybridized carbons (Fsp3) is 0.688. The van der Waals surface area contributed by atoms with Gasteiger partial charge in [0.1, 0.15) is 6.61 Å². The lowest BCUT2D eigenvalue weighted by molar-refractivity contribution is -0.141. The molecule has 0 spiro atoms. The van der Waals surface area contributed by atoms with Crippen molar-refractivity contribution in [1.29, 1.82) is 0 Å². The molecule has 2 heterocycles. The minimum atomic E-state index is -0.0128. The number of hydrogen-bond donors (Lipinski definition) is 0. The Kier molecular flexibility index (Phi) is 5.76. The van der Waals surface area contributed by atoms with Gasteiger partial charge in [0.05, 0.1) is 5.69 Å². The van der Waals surface area contributed by atoms with Crippen molar-refractivity contribution in [3.05, 3.63) is 17.0 Å². The first-order valence-electron chi connectivity index (χ1n) is 7.97. The van der Waals surface area contributed by atoms with Crippen LogP contribution in [0.1, 0.15) is 23.4 Å². The molecule has 0 bridgehead atoms. The number of aryl methyl sites for hydroxylation is 2. The molecule has 2 rings (SSSR count). The van der Waals surface area contributed by atoms with Crippen LogP contribution in [0.3, 0.4) is 0 Å². The number of rotatable bonds is 5. The minimum absolute atomic E-state index is 0.0128. The second-order valence-corrected chi connectivity index (χ2v) is 5.97. The molecule has 1 aliphatic rings. The molecule has 0 N–H and O–H groups in total. The third-order valence-corrected chi connectivity index (χ3v) is 4.50. The monoisotopic (exact) mass is 322 g/mol. The van der Waals surface area contributed by atoms with E-state index in [-0.39, 0.29) is 18.4 Å². The molecular weight excluding hydrogens is 296 g/mol. The van der Waals surface area contributed by atoms with Gasteiger partial charge in [-0.1, -0.05) is 0 Å². The van der Waals surface area contributed by atoms with E-state index >= 15 is 0 Å². The second-order valence-electron chi connectivity index (χ2n) is 5.97. The predicted molar refractivity (Wildman–Crippen MR) is 86.0 cm³/mol. The largest absolute Gasteiger partial charge is 0.375 e. The Morgan fingerprint density at radius 1 is 1.09 bits per heavy atom. The van der Waals surface area contributed by atoms with Gasteiger partial charge in [-0.2, -0.15) is 5.10 Å². The molecule has 1 aliphatic heterocycles. The maximum absolute atomic E-state index is 12.4. The Morgan fingerprint density at radius 2 is 1.65 bits per heavy atom. The van der Waals surface area contributed by atoms with E-state index in [1.165, 1.54) is 7.11 Å². The summed E-state index contributed by atoms with van der Waals surface area (Å²) in [6, 6.07) is 0. The zero-order valence-corrected chi connectivity index (χ0v) is 14.5. The Morgan fingerprint density at radius 3 is 2.13 bits per heavy atom. The van der Waals surface area contributed by atoms with Crippen molar-refractivity contribution in [1.82, 2.24) is 19.6 Å². The lowest BCUT2D eigenvalue weighted by Crippen LogP contribution is -2.51. The van der Waals surface area contributed by atoms with Crippen molar-refractivity contribution in [2.24, 2.45) is 7.05 Å². The molecule has 0 unspecified atom stereocenters. The molecule has 1 fully saturated rings. The van der Waals surface area contributed by atoms with Gasteiger partial charge in [0, 0.05) is 52.5 Å². The summed E-state index contributed by atoms with van der Waals surface area (Å²) in [7, 11) is 3.43. The number of aromatic nitrogens is 2. The molecule has 7 nitrogen and oxygen atoms in total. The lowest BCUT2D eigenvalue weighted by Gasteiger charge is -2.34. The van der Waals surface area contributed by atoms with Crippen molar-refractivity contribution in [3.8, 4) is 0 Å². The summed E-state index contributed by atoms with van der Waals surface area (Å²) >= 11 is 0. The van der Waals surface area contributed by atoms with Gasteiger partial charge >= 0.3 is 0 Å². The van der Waals surface area contributed by atoms with Crippen LogP contribution in [0.15, 0.2) is 0 Å². The molecule has 0 saturated carbocycles. The van der Waals surface area contributed by atoms with Crippen molar-refractivity contribution in [2.75, 3.05) is 39.9 Å². The van der Waals surface area contributed by atoms with Gasteiger partial charge in [0.15, 0.2) is 0 Å². The highest BCUT2D eigenvalue weighted by Gasteiger charge is 2.24. The third-order valence-electron chi connectivity index (χ3n) is 4.50. The maximum atomic E-state index is 12.4. The van der Waals surface area contributed by atoms with Gasteiger partial charge in [0.2, 0.25) is 11.8 Å². The summed E-state index contributed by atoms with van der Waals surface area (Å²) in [5, 5.41) is 4.38. The fourth-order valence-electron chi connectivity index (χ4n) is 2.99.